The topological polar surface area (TPSA) is 41.0 Å². The Labute approximate surface area is 165 Å². The summed E-state index contributed by atoms with van der Waals surface area (Å²) in [6, 6.07) is 10.6. The molecular weight excluding hydrogens is 384 g/mol. The Balaban J connectivity index is 1.40. The second kappa shape index (κ2) is 7.94. The van der Waals surface area contributed by atoms with E-state index in [1.165, 1.54) is 30.5 Å². The van der Waals surface area contributed by atoms with Gasteiger partial charge in [-0.1, -0.05) is 12.1 Å². The highest BCUT2D eigenvalue weighted by atomic mass is 19.4. The SMILES string of the molecule is Fc1ccc(CN2CCC(Nc3nccc4nc(C(F)(F)F)ccc34)CC2)cc1. The smallest absolute Gasteiger partial charge is 0.367 e. The lowest BCUT2D eigenvalue weighted by atomic mass is 10.0. The molecule has 2 aromatic heterocycles. The number of rotatable bonds is 4. The van der Waals surface area contributed by atoms with Gasteiger partial charge in [0.25, 0.3) is 0 Å². The number of pyridine rings is 2. The van der Waals surface area contributed by atoms with Gasteiger partial charge in [0, 0.05) is 37.3 Å². The number of benzene rings is 1. The van der Waals surface area contributed by atoms with Crippen molar-refractivity contribution >= 4 is 16.7 Å². The molecule has 0 spiro atoms. The summed E-state index contributed by atoms with van der Waals surface area (Å²) in [7, 11) is 0. The van der Waals surface area contributed by atoms with Gasteiger partial charge in [0.2, 0.25) is 0 Å². The van der Waals surface area contributed by atoms with Gasteiger partial charge in [0.05, 0.1) is 5.52 Å². The van der Waals surface area contributed by atoms with Gasteiger partial charge < -0.3 is 5.32 Å². The second-order valence-electron chi connectivity index (χ2n) is 7.24. The molecule has 1 aliphatic heterocycles. The van der Waals surface area contributed by atoms with Crippen LogP contribution in [0, 0.1) is 5.82 Å². The lowest BCUT2D eigenvalue weighted by molar-refractivity contribution is -0.140. The fraction of sp³-hybridized carbons (Fsp3) is 0.333. The first-order valence-corrected chi connectivity index (χ1v) is 9.45. The first-order chi connectivity index (χ1) is 13.9. The predicted octanol–water partition coefficient (Wildman–Crippen LogP) is 4.86. The van der Waals surface area contributed by atoms with E-state index in [9.17, 15) is 17.6 Å². The van der Waals surface area contributed by atoms with Gasteiger partial charge in [-0.05, 0) is 48.7 Å². The molecule has 1 N–H and O–H groups in total. The highest BCUT2D eigenvalue weighted by molar-refractivity contribution is 5.89. The third-order valence-corrected chi connectivity index (χ3v) is 5.15. The van der Waals surface area contributed by atoms with Crippen LogP contribution in [-0.4, -0.2) is 34.0 Å². The number of nitrogens with one attached hydrogen (secondary N) is 1. The Kier molecular flexibility index (Phi) is 5.36. The largest absolute Gasteiger partial charge is 0.433 e. The number of fused-ring (bicyclic) bond motifs is 1. The summed E-state index contributed by atoms with van der Waals surface area (Å²) in [5.74, 6) is 0.316. The molecule has 3 aromatic rings. The van der Waals surface area contributed by atoms with Crippen LogP contribution in [0.25, 0.3) is 10.9 Å². The Hall–Kier alpha value is -2.74. The molecule has 4 nitrogen and oxygen atoms in total. The molecule has 0 unspecified atom stereocenters. The van der Waals surface area contributed by atoms with Gasteiger partial charge in [-0.2, -0.15) is 13.2 Å². The monoisotopic (exact) mass is 404 g/mol. The summed E-state index contributed by atoms with van der Waals surface area (Å²) in [6.07, 6.45) is -1.23. The van der Waals surface area contributed by atoms with Crippen molar-refractivity contribution in [3.8, 4) is 0 Å². The van der Waals surface area contributed by atoms with Gasteiger partial charge in [-0.3, -0.25) is 4.90 Å². The minimum atomic E-state index is -4.47. The van der Waals surface area contributed by atoms with E-state index in [2.05, 4.69) is 20.2 Å². The van der Waals surface area contributed by atoms with Crippen LogP contribution in [-0.2, 0) is 12.7 Å². The third-order valence-electron chi connectivity index (χ3n) is 5.15. The number of hydrogen-bond acceptors (Lipinski definition) is 4. The van der Waals surface area contributed by atoms with Gasteiger partial charge in [-0.25, -0.2) is 14.4 Å². The maximum absolute atomic E-state index is 13.0. The van der Waals surface area contributed by atoms with E-state index in [4.69, 9.17) is 0 Å². The first kappa shape index (κ1) is 19.6. The predicted molar refractivity (Wildman–Crippen MR) is 103 cm³/mol. The molecule has 0 radical (unpaired) electrons. The fourth-order valence-corrected chi connectivity index (χ4v) is 3.60. The van der Waals surface area contributed by atoms with Crippen molar-refractivity contribution in [2.45, 2.75) is 31.6 Å². The Morgan fingerprint density at radius 3 is 2.41 bits per heavy atom. The standard InChI is InChI=1S/C21H20F4N4/c22-15-3-1-14(2-4-15)13-29-11-8-16(9-12-29)27-20-17-5-6-19(21(23,24)25)28-18(17)7-10-26-20/h1-7,10,16H,8-9,11-13H2,(H,26,27). The zero-order valence-electron chi connectivity index (χ0n) is 15.6. The molecule has 4 rings (SSSR count). The molecule has 1 fully saturated rings. The van der Waals surface area contributed by atoms with Crippen LogP contribution in [0.4, 0.5) is 23.4 Å². The Morgan fingerprint density at radius 1 is 1.00 bits per heavy atom. The molecule has 0 atom stereocenters. The number of anilines is 1. The highest BCUT2D eigenvalue weighted by Gasteiger charge is 2.32. The van der Waals surface area contributed by atoms with E-state index in [1.54, 1.807) is 12.1 Å². The van der Waals surface area contributed by atoms with Gasteiger partial charge in [-0.15, -0.1) is 0 Å². The number of hydrogen-bond donors (Lipinski definition) is 1. The van der Waals surface area contributed by atoms with Crippen molar-refractivity contribution in [2.24, 2.45) is 0 Å². The number of likely N-dealkylation sites (tertiary alicyclic amines) is 1. The van der Waals surface area contributed by atoms with E-state index < -0.39 is 11.9 Å². The van der Waals surface area contributed by atoms with Crippen LogP contribution < -0.4 is 5.32 Å². The number of aromatic nitrogens is 2. The van der Waals surface area contributed by atoms with Crippen molar-refractivity contribution < 1.29 is 17.6 Å². The molecule has 0 aliphatic carbocycles. The molecular formula is C21H20F4N4. The summed E-state index contributed by atoms with van der Waals surface area (Å²) >= 11 is 0. The molecule has 1 aliphatic rings. The van der Waals surface area contributed by atoms with Crippen molar-refractivity contribution in [2.75, 3.05) is 18.4 Å². The molecule has 1 aromatic carbocycles. The van der Waals surface area contributed by atoms with Crippen LogP contribution in [0.15, 0.2) is 48.7 Å². The van der Waals surface area contributed by atoms with Crippen LogP contribution in [0.5, 0.6) is 0 Å². The van der Waals surface area contributed by atoms with E-state index in [0.29, 0.717) is 11.2 Å². The average Bonchev–Trinajstić information content (AvgIpc) is 2.70. The molecule has 152 valence electrons. The number of alkyl halides is 3. The van der Waals surface area contributed by atoms with Crippen LogP contribution in [0.1, 0.15) is 24.1 Å². The lowest BCUT2D eigenvalue weighted by Crippen LogP contribution is -2.38. The van der Waals surface area contributed by atoms with Gasteiger partial charge in [0.1, 0.15) is 17.3 Å². The number of nitrogens with zero attached hydrogens (tertiary/aromatic N) is 3. The molecule has 8 heteroatoms. The van der Waals surface area contributed by atoms with Crippen molar-refractivity contribution in [3.05, 3.63) is 65.7 Å². The van der Waals surface area contributed by atoms with E-state index in [0.717, 1.165) is 44.1 Å². The summed E-state index contributed by atoms with van der Waals surface area (Å²) in [6.45, 7) is 2.51. The second-order valence-corrected chi connectivity index (χ2v) is 7.24. The van der Waals surface area contributed by atoms with Crippen LogP contribution >= 0.6 is 0 Å². The summed E-state index contributed by atoms with van der Waals surface area (Å²) in [4.78, 5) is 10.3. The Morgan fingerprint density at radius 2 is 1.72 bits per heavy atom. The van der Waals surface area contributed by atoms with Gasteiger partial charge >= 0.3 is 6.18 Å². The normalized spacial score (nSPS) is 16.3. The van der Waals surface area contributed by atoms with Crippen molar-refractivity contribution in [1.82, 2.24) is 14.9 Å². The number of piperidine rings is 1. The molecule has 29 heavy (non-hydrogen) atoms. The average molecular weight is 404 g/mol. The number of halogens is 4. The fourth-order valence-electron chi connectivity index (χ4n) is 3.60. The summed E-state index contributed by atoms with van der Waals surface area (Å²) in [5.41, 5.74) is 0.433. The highest BCUT2D eigenvalue weighted by Crippen LogP contribution is 2.30. The zero-order chi connectivity index (χ0) is 20.4. The van der Waals surface area contributed by atoms with Crippen LogP contribution in [0.3, 0.4) is 0 Å². The lowest BCUT2D eigenvalue weighted by Gasteiger charge is -2.32. The first-order valence-electron chi connectivity index (χ1n) is 9.45. The van der Waals surface area contributed by atoms with Crippen molar-refractivity contribution in [1.29, 1.82) is 0 Å². The van der Waals surface area contributed by atoms with E-state index in [1.807, 2.05) is 0 Å². The zero-order valence-corrected chi connectivity index (χ0v) is 15.6. The molecule has 1 saturated heterocycles. The molecule has 0 amide bonds. The third kappa shape index (κ3) is 4.64. The van der Waals surface area contributed by atoms with Gasteiger partial charge in [0.15, 0.2) is 0 Å². The molecule has 0 saturated carbocycles. The minimum Gasteiger partial charge on any atom is -0.367 e. The van der Waals surface area contributed by atoms with Crippen molar-refractivity contribution in [3.63, 3.8) is 0 Å². The van der Waals surface area contributed by atoms with E-state index >= 15 is 0 Å². The van der Waals surface area contributed by atoms with Crippen LogP contribution in [0.2, 0.25) is 0 Å². The molecule has 0 bridgehead atoms. The molecule has 3 heterocycles. The summed E-state index contributed by atoms with van der Waals surface area (Å²) < 4.78 is 51.7. The quantitative estimate of drug-likeness (QED) is 0.631. The summed E-state index contributed by atoms with van der Waals surface area (Å²) in [5, 5.41) is 3.94. The maximum atomic E-state index is 13.0. The maximum Gasteiger partial charge on any atom is 0.433 e. The van der Waals surface area contributed by atoms with E-state index in [-0.39, 0.29) is 17.4 Å². The minimum absolute atomic E-state index is 0.180. The Bertz CT molecular complexity index is 980.